The average Bonchev–Trinajstić information content (AvgIpc) is 3.10. The molecule has 0 bridgehead atoms. The number of hydrogen-bond acceptors (Lipinski definition) is 8. The van der Waals surface area contributed by atoms with E-state index in [1.807, 2.05) is 97.1 Å². The summed E-state index contributed by atoms with van der Waals surface area (Å²) in [5, 5.41) is 2.69. The SMILES string of the molecule is CC(=O)N[C@H]1[C@@H](OP(=O)(OCc2ccccc2)OCc2ccccc2)O[C@H](COCc2ccccc2)[C@@H](F)[C@@H]1OCc1ccccc1. The molecule has 4 aromatic rings. The van der Waals surface area contributed by atoms with Gasteiger partial charge in [0.25, 0.3) is 0 Å². The van der Waals surface area contributed by atoms with Crippen LogP contribution in [-0.2, 0) is 63.6 Å². The number of rotatable bonds is 16. The molecule has 0 aliphatic carbocycles. The second-order valence-corrected chi connectivity index (χ2v) is 12.7. The van der Waals surface area contributed by atoms with Crippen LogP contribution in [0.2, 0.25) is 0 Å². The van der Waals surface area contributed by atoms with Gasteiger partial charge in [-0.05, 0) is 22.3 Å². The zero-order chi connectivity index (χ0) is 32.9. The predicted octanol–water partition coefficient (Wildman–Crippen LogP) is 6.91. The number of benzene rings is 4. The van der Waals surface area contributed by atoms with E-state index in [0.717, 1.165) is 22.3 Å². The Balaban J connectivity index is 1.40. The first-order chi connectivity index (χ1) is 22.9. The second kappa shape index (κ2) is 17.4. The zero-order valence-electron chi connectivity index (χ0n) is 26.1. The van der Waals surface area contributed by atoms with E-state index in [4.69, 9.17) is 27.8 Å². The molecule has 0 aromatic heterocycles. The van der Waals surface area contributed by atoms with Crippen LogP contribution in [0.1, 0.15) is 29.2 Å². The number of phosphoric acid groups is 1. The molecule has 0 radical (unpaired) electrons. The van der Waals surface area contributed by atoms with Crippen LogP contribution < -0.4 is 5.32 Å². The molecule has 1 fully saturated rings. The number of alkyl halides is 1. The summed E-state index contributed by atoms with van der Waals surface area (Å²) >= 11 is 0. The van der Waals surface area contributed by atoms with E-state index in [1.54, 1.807) is 24.3 Å². The van der Waals surface area contributed by atoms with Crippen LogP contribution in [0.25, 0.3) is 0 Å². The summed E-state index contributed by atoms with van der Waals surface area (Å²) < 4.78 is 66.3. The lowest BCUT2D eigenvalue weighted by molar-refractivity contribution is -0.249. The third-order valence-corrected chi connectivity index (χ3v) is 8.73. The first-order valence-electron chi connectivity index (χ1n) is 15.4. The molecule has 4 aromatic carbocycles. The van der Waals surface area contributed by atoms with Gasteiger partial charge in [-0.3, -0.25) is 18.4 Å². The Morgan fingerprint density at radius 1 is 0.723 bits per heavy atom. The number of amides is 1. The summed E-state index contributed by atoms with van der Waals surface area (Å²) in [6, 6.07) is 35.7. The molecule has 9 nitrogen and oxygen atoms in total. The van der Waals surface area contributed by atoms with E-state index in [-0.39, 0.29) is 33.0 Å². The van der Waals surface area contributed by atoms with Gasteiger partial charge in [0.05, 0.1) is 33.0 Å². The fourth-order valence-electron chi connectivity index (χ4n) is 5.01. The molecule has 0 unspecified atom stereocenters. The highest BCUT2D eigenvalue weighted by molar-refractivity contribution is 7.48. The molecule has 1 saturated heterocycles. The van der Waals surface area contributed by atoms with Crippen LogP contribution in [0.15, 0.2) is 121 Å². The van der Waals surface area contributed by atoms with Gasteiger partial charge >= 0.3 is 7.82 Å². The molecule has 0 spiro atoms. The van der Waals surface area contributed by atoms with E-state index in [9.17, 15) is 9.36 Å². The van der Waals surface area contributed by atoms with Gasteiger partial charge in [-0.2, -0.15) is 0 Å². The summed E-state index contributed by atoms with van der Waals surface area (Å²) in [6.45, 7) is 1.15. The Hall–Kier alpha value is -3.73. The number of nitrogens with one attached hydrogen (secondary N) is 1. The lowest BCUT2D eigenvalue weighted by Crippen LogP contribution is -2.64. The van der Waals surface area contributed by atoms with E-state index in [1.165, 1.54) is 6.92 Å². The first kappa shape index (κ1) is 34.6. The summed E-state index contributed by atoms with van der Waals surface area (Å²) in [5.41, 5.74) is 3.14. The quantitative estimate of drug-likeness (QED) is 0.129. The van der Waals surface area contributed by atoms with Crippen molar-refractivity contribution in [1.82, 2.24) is 5.32 Å². The van der Waals surface area contributed by atoms with Gasteiger partial charge in [-0.25, -0.2) is 8.96 Å². The molecule has 1 aliphatic rings. The monoisotopic (exact) mass is 663 g/mol. The Morgan fingerprint density at radius 3 is 1.64 bits per heavy atom. The summed E-state index contributed by atoms with van der Waals surface area (Å²) in [5.74, 6) is -0.489. The minimum absolute atomic E-state index is 0.0407. The van der Waals surface area contributed by atoms with Crippen molar-refractivity contribution in [2.45, 2.75) is 64.1 Å². The van der Waals surface area contributed by atoms with Crippen molar-refractivity contribution in [2.75, 3.05) is 6.61 Å². The Bertz CT molecular complexity index is 1500. The van der Waals surface area contributed by atoms with Crippen LogP contribution in [-0.4, -0.2) is 43.2 Å². The number of carbonyl (C=O) groups excluding carboxylic acids is 1. The molecule has 0 saturated carbocycles. The van der Waals surface area contributed by atoms with Gasteiger partial charge < -0.3 is 19.5 Å². The Morgan fingerprint density at radius 2 is 1.17 bits per heavy atom. The second-order valence-electron chi connectivity index (χ2n) is 11.0. The van der Waals surface area contributed by atoms with Crippen molar-refractivity contribution in [3.63, 3.8) is 0 Å². The molecule has 1 amide bonds. The highest BCUT2D eigenvalue weighted by Gasteiger charge is 2.51. The van der Waals surface area contributed by atoms with Crippen molar-refractivity contribution in [2.24, 2.45) is 0 Å². The van der Waals surface area contributed by atoms with Crippen molar-refractivity contribution >= 4 is 13.7 Å². The number of carbonyl (C=O) groups is 1. The van der Waals surface area contributed by atoms with Gasteiger partial charge in [-0.15, -0.1) is 0 Å². The fourth-order valence-corrected chi connectivity index (χ4v) is 6.26. The van der Waals surface area contributed by atoms with Crippen molar-refractivity contribution < 1.29 is 41.5 Å². The minimum atomic E-state index is -4.42. The Labute approximate surface area is 274 Å². The minimum Gasteiger partial charge on any atom is -0.374 e. The van der Waals surface area contributed by atoms with Crippen LogP contribution in [0.5, 0.6) is 0 Å². The Kier molecular flexibility index (Phi) is 12.8. The van der Waals surface area contributed by atoms with E-state index < -0.39 is 44.4 Å². The predicted molar refractivity (Wildman–Crippen MR) is 173 cm³/mol. The maximum Gasteiger partial charge on any atom is 0.477 e. The molecular formula is C36H39FNO8P. The maximum atomic E-state index is 16.3. The lowest BCUT2D eigenvalue weighted by atomic mass is 9.97. The molecule has 1 heterocycles. The van der Waals surface area contributed by atoms with Gasteiger partial charge in [0.2, 0.25) is 5.91 Å². The standard InChI is InChI=1S/C36H39FNO8P/c1-27(39)38-34-35(42-23-29-16-8-3-9-17-29)33(37)32(26-41-22-28-14-6-2-7-15-28)45-36(34)46-47(40,43-24-30-18-10-4-11-19-30)44-25-31-20-12-5-13-21-31/h2-21,32-36H,22-26H2,1H3,(H,38,39)/t32-,33-,34-,35+,36-/m1/s1. The molecule has 248 valence electrons. The highest BCUT2D eigenvalue weighted by Crippen LogP contribution is 2.53. The van der Waals surface area contributed by atoms with Gasteiger partial charge in [0.1, 0.15) is 18.2 Å². The molecule has 1 N–H and O–H groups in total. The third-order valence-electron chi connectivity index (χ3n) is 7.37. The van der Waals surface area contributed by atoms with Crippen molar-refractivity contribution in [3.8, 4) is 0 Å². The van der Waals surface area contributed by atoms with Crippen LogP contribution in [0.4, 0.5) is 4.39 Å². The molecular weight excluding hydrogens is 624 g/mol. The number of hydrogen-bond donors (Lipinski definition) is 1. The molecule has 5 atom stereocenters. The first-order valence-corrected chi connectivity index (χ1v) is 16.8. The zero-order valence-corrected chi connectivity index (χ0v) is 27.0. The third kappa shape index (κ3) is 10.6. The van der Waals surface area contributed by atoms with Gasteiger partial charge in [0, 0.05) is 6.92 Å². The van der Waals surface area contributed by atoms with Crippen molar-refractivity contribution in [1.29, 1.82) is 0 Å². The molecule has 5 rings (SSSR count). The highest BCUT2D eigenvalue weighted by atomic mass is 31.2. The van der Waals surface area contributed by atoms with Gasteiger partial charge in [0.15, 0.2) is 12.5 Å². The molecule has 11 heteroatoms. The normalized spacial score (nSPS) is 21.3. The number of halogens is 1. The summed E-state index contributed by atoms with van der Waals surface area (Å²) in [6.07, 6.45) is -5.71. The van der Waals surface area contributed by atoms with Crippen LogP contribution >= 0.6 is 7.82 Å². The number of ether oxygens (including phenoxy) is 3. The van der Waals surface area contributed by atoms with Crippen LogP contribution in [0.3, 0.4) is 0 Å². The van der Waals surface area contributed by atoms with Gasteiger partial charge in [-0.1, -0.05) is 121 Å². The maximum absolute atomic E-state index is 16.3. The number of phosphoric ester groups is 1. The van der Waals surface area contributed by atoms with E-state index >= 15 is 4.39 Å². The smallest absolute Gasteiger partial charge is 0.374 e. The molecule has 1 aliphatic heterocycles. The summed E-state index contributed by atoms with van der Waals surface area (Å²) in [4.78, 5) is 12.4. The van der Waals surface area contributed by atoms with Crippen molar-refractivity contribution in [3.05, 3.63) is 144 Å². The lowest BCUT2D eigenvalue weighted by Gasteiger charge is -2.43. The van der Waals surface area contributed by atoms with E-state index in [0.29, 0.717) is 0 Å². The van der Waals surface area contributed by atoms with E-state index in [2.05, 4.69) is 5.32 Å². The largest absolute Gasteiger partial charge is 0.477 e. The molecule has 47 heavy (non-hydrogen) atoms. The van der Waals surface area contributed by atoms with Crippen LogP contribution in [0, 0.1) is 0 Å². The summed E-state index contributed by atoms with van der Waals surface area (Å²) in [7, 11) is -4.42. The fraction of sp³-hybridized carbons (Fsp3) is 0.306. The average molecular weight is 664 g/mol. The topological polar surface area (TPSA) is 102 Å².